The van der Waals surface area contributed by atoms with E-state index in [-0.39, 0.29) is 5.91 Å². The first-order valence-electron chi connectivity index (χ1n) is 10.3. The monoisotopic (exact) mass is 386 g/mol. The number of hydrogen-bond donors (Lipinski definition) is 1. The molecule has 5 heteroatoms. The van der Waals surface area contributed by atoms with Crippen molar-refractivity contribution in [3.05, 3.63) is 30.5 Å². The highest BCUT2D eigenvalue weighted by Gasteiger charge is 2.40. The molecular formula is C23H34N2O3. The van der Waals surface area contributed by atoms with E-state index in [4.69, 9.17) is 9.47 Å². The van der Waals surface area contributed by atoms with E-state index in [9.17, 15) is 4.79 Å². The average molecular weight is 387 g/mol. The third kappa shape index (κ3) is 5.22. The van der Waals surface area contributed by atoms with Crippen molar-refractivity contribution in [2.75, 3.05) is 18.5 Å². The number of hydrogen-bond acceptors (Lipinski definition) is 4. The number of nitrogens with zero attached hydrogens (tertiary/aromatic N) is 1. The lowest BCUT2D eigenvalue weighted by Crippen LogP contribution is -2.47. The molecule has 0 aliphatic rings. The second-order valence-corrected chi connectivity index (χ2v) is 8.02. The molecule has 1 aromatic heterocycles. The number of carbonyl (C=O) groups excluding carboxylic acids is 1. The Labute approximate surface area is 168 Å². The summed E-state index contributed by atoms with van der Waals surface area (Å²) in [5, 5.41) is 3.99. The molecule has 1 aromatic carbocycles. The molecule has 0 saturated heterocycles. The summed E-state index contributed by atoms with van der Waals surface area (Å²) in [4.78, 5) is 17.9. The van der Waals surface area contributed by atoms with E-state index in [1.165, 1.54) is 0 Å². The summed E-state index contributed by atoms with van der Waals surface area (Å²) in [6.45, 7) is 13.4. The van der Waals surface area contributed by atoms with Crippen LogP contribution >= 0.6 is 0 Å². The largest absolute Gasteiger partial charge is 0.492 e. The molecular weight excluding hydrogens is 352 g/mol. The molecule has 0 atom stereocenters. The van der Waals surface area contributed by atoms with Gasteiger partial charge in [-0.05, 0) is 62.8 Å². The van der Waals surface area contributed by atoms with Gasteiger partial charge >= 0.3 is 0 Å². The lowest BCUT2D eigenvalue weighted by atomic mass is 9.83. The number of fused-ring (bicyclic) bond motifs is 1. The molecule has 0 spiro atoms. The third-order valence-electron chi connectivity index (χ3n) is 4.59. The topological polar surface area (TPSA) is 60.5 Å². The molecule has 0 unspecified atom stereocenters. The maximum absolute atomic E-state index is 13.5. The predicted octanol–water partition coefficient (Wildman–Crippen LogP) is 5.44. The summed E-state index contributed by atoms with van der Waals surface area (Å²) in [6.07, 6.45) is 3.09. The molecule has 0 fully saturated rings. The number of aromatic nitrogens is 1. The number of nitrogens with one attached hydrogen (secondary N) is 1. The van der Waals surface area contributed by atoms with Gasteiger partial charge in [0.25, 0.3) is 5.91 Å². The smallest absolute Gasteiger partial charge is 0.256 e. The zero-order chi connectivity index (χ0) is 20.7. The SMILES string of the molecule is CCOc1ccc(NC(=O)C(CC(C)C)(CC(C)C)OCC)c2cccnc12. The van der Waals surface area contributed by atoms with Crippen LogP contribution in [0, 0.1) is 11.8 Å². The fourth-order valence-electron chi connectivity index (χ4n) is 3.81. The molecule has 0 aliphatic carbocycles. The van der Waals surface area contributed by atoms with E-state index in [1.54, 1.807) is 6.20 Å². The minimum atomic E-state index is -0.843. The number of pyridine rings is 1. The third-order valence-corrected chi connectivity index (χ3v) is 4.59. The van der Waals surface area contributed by atoms with E-state index in [2.05, 4.69) is 38.0 Å². The molecule has 154 valence electrons. The molecule has 2 aromatic rings. The van der Waals surface area contributed by atoms with E-state index < -0.39 is 5.60 Å². The van der Waals surface area contributed by atoms with Crippen molar-refractivity contribution in [1.82, 2.24) is 4.98 Å². The van der Waals surface area contributed by atoms with E-state index in [1.807, 2.05) is 38.1 Å². The fourth-order valence-corrected chi connectivity index (χ4v) is 3.81. The zero-order valence-corrected chi connectivity index (χ0v) is 18.0. The molecule has 1 N–H and O–H groups in total. The van der Waals surface area contributed by atoms with Gasteiger partial charge in [0.2, 0.25) is 0 Å². The number of amides is 1. The minimum absolute atomic E-state index is 0.0916. The Morgan fingerprint density at radius 1 is 1.07 bits per heavy atom. The van der Waals surface area contributed by atoms with Gasteiger partial charge in [-0.15, -0.1) is 0 Å². The highest BCUT2D eigenvalue weighted by molar-refractivity contribution is 6.05. The van der Waals surface area contributed by atoms with Gasteiger partial charge in [0, 0.05) is 18.2 Å². The van der Waals surface area contributed by atoms with Crippen LogP contribution in [0.2, 0.25) is 0 Å². The summed E-state index contributed by atoms with van der Waals surface area (Å²) in [7, 11) is 0. The zero-order valence-electron chi connectivity index (χ0n) is 18.0. The standard InChI is InChI=1S/C23H34N2O3/c1-7-27-20-12-11-19(18-10-9-13-24-21(18)20)25-22(26)23(28-8-2,14-16(3)4)15-17(5)6/h9-13,16-17H,7-8,14-15H2,1-6H3,(H,25,26). The van der Waals surface area contributed by atoms with E-state index in [0.29, 0.717) is 37.9 Å². The molecule has 1 heterocycles. The summed E-state index contributed by atoms with van der Waals surface area (Å²) in [6, 6.07) is 7.56. The molecule has 0 bridgehead atoms. The van der Waals surface area contributed by atoms with Crippen LogP contribution in [0.3, 0.4) is 0 Å². The Balaban J connectivity index is 2.43. The van der Waals surface area contributed by atoms with Gasteiger partial charge in [0.1, 0.15) is 16.9 Å². The molecule has 0 saturated carbocycles. The van der Waals surface area contributed by atoms with Crippen molar-refractivity contribution in [2.24, 2.45) is 11.8 Å². The first kappa shape index (κ1) is 22.2. The Bertz CT molecular complexity index is 777. The van der Waals surface area contributed by atoms with Crippen LogP contribution in [0.1, 0.15) is 54.4 Å². The van der Waals surface area contributed by atoms with Crippen LogP contribution in [-0.4, -0.2) is 29.7 Å². The maximum Gasteiger partial charge on any atom is 0.256 e. The number of carbonyl (C=O) groups is 1. The van der Waals surface area contributed by atoms with E-state index in [0.717, 1.165) is 22.3 Å². The summed E-state index contributed by atoms with van der Waals surface area (Å²) < 4.78 is 11.8. The Hall–Kier alpha value is -2.14. The van der Waals surface area contributed by atoms with Gasteiger partial charge in [0.15, 0.2) is 0 Å². The summed E-state index contributed by atoms with van der Waals surface area (Å²) in [5.74, 6) is 1.31. The van der Waals surface area contributed by atoms with Crippen molar-refractivity contribution in [3.63, 3.8) is 0 Å². The second-order valence-electron chi connectivity index (χ2n) is 8.02. The van der Waals surface area contributed by atoms with Crippen LogP contribution in [0.4, 0.5) is 5.69 Å². The molecule has 0 aliphatic heterocycles. The lowest BCUT2D eigenvalue weighted by molar-refractivity contribution is -0.146. The van der Waals surface area contributed by atoms with Crippen molar-refractivity contribution < 1.29 is 14.3 Å². The molecule has 0 radical (unpaired) electrons. The average Bonchev–Trinajstić information content (AvgIpc) is 2.63. The van der Waals surface area contributed by atoms with Gasteiger partial charge in [0.05, 0.1) is 12.3 Å². The number of rotatable bonds is 10. The van der Waals surface area contributed by atoms with Crippen molar-refractivity contribution >= 4 is 22.5 Å². The maximum atomic E-state index is 13.5. The second kappa shape index (κ2) is 9.87. The predicted molar refractivity (Wildman–Crippen MR) is 115 cm³/mol. The number of anilines is 1. The minimum Gasteiger partial charge on any atom is -0.492 e. The van der Waals surface area contributed by atoms with Crippen LogP contribution in [0.5, 0.6) is 5.75 Å². The Morgan fingerprint density at radius 3 is 2.32 bits per heavy atom. The molecule has 5 nitrogen and oxygen atoms in total. The van der Waals surface area contributed by atoms with Gasteiger partial charge in [-0.2, -0.15) is 0 Å². The lowest BCUT2D eigenvalue weighted by Gasteiger charge is -2.35. The van der Waals surface area contributed by atoms with Crippen molar-refractivity contribution in [1.29, 1.82) is 0 Å². The van der Waals surface area contributed by atoms with Crippen molar-refractivity contribution in [2.45, 2.75) is 60.0 Å². The first-order chi connectivity index (χ1) is 13.3. The molecule has 2 rings (SSSR count). The Kier molecular flexibility index (Phi) is 7.81. The highest BCUT2D eigenvalue weighted by Crippen LogP contribution is 2.34. The van der Waals surface area contributed by atoms with E-state index >= 15 is 0 Å². The molecule has 28 heavy (non-hydrogen) atoms. The molecule has 1 amide bonds. The fraction of sp³-hybridized carbons (Fsp3) is 0.565. The van der Waals surface area contributed by atoms with Gasteiger partial charge in [-0.3, -0.25) is 9.78 Å². The van der Waals surface area contributed by atoms with Crippen molar-refractivity contribution in [3.8, 4) is 5.75 Å². The normalized spacial score (nSPS) is 12.0. The highest BCUT2D eigenvalue weighted by atomic mass is 16.5. The van der Waals surface area contributed by atoms with Gasteiger partial charge in [-0.25, -0.2) is 0 Å². The van der Waals surface area contributed by atoms with Crippen LogP contribution < -0.4 is 10.1 Å². The van der Waals surface area contributed by atoms with Gasteiger partial charge in [-0.1, -0.05) is 27.7 Å². The quantitative estimate of drug-likeness (QED) is 0.591. The first-order valence-corrected chi connectivity index (χ1v) is 10.3. The van der Waals surface area contributed by atoms with Crippen LogP contribution in [0.15, 0.2) is 30.5 Å². The summed E-state index contributed by atoms with van der Waals surface area (Å²) in [5.41, 5.74) is 0.634. The number of ether oxygens (including phenoxy) is 2. The van der Waals surface area contributed by atoms with Gasteiger partial charge < -0.3 is 14.8 Å². The van der Waals surface area contributed by atoms with Crippen LogP contribution in [0.25, 0.3) is 10.9 Å². The Morgan fingerprint density at radius 2 is 1.75 bits per heavy atom. The number of benzene rings is 1. The van der Waals surface area contributed by atoms with Crippen LogP contribution in [-0.2, 0) is 9.53 Å². The summed E-state index contributed by atoms with van der Waals surface area (Å²) >= 11 is 0.